The Hall–Kier alpha value is -2.15. The van der Waals surface area contributed by atoms with Crippen molar-refractivity contribution in [1.29, 1.82) is 0 Å². The number of rotatable bonds is 3. The van der Waals surface area contributed by atoms with Crippen molar-refractivity contribution in [2.24, 2.45) is 0 Å². The lowest BCUT2D eigenvalue weighted by Crippen LogP contribution is -2.49. The standard InChI is InChI=1S/C14H17N3O4/c18-12-8-17(5-4-15-12)14(19)10-1-3-16-13(7-10)21-11-2-6-20-9-11/h1,3,7,11H,2,4-6,8-9H2,(H,15,18). The molecular formula is C14H17N3O4. The molecule has 112 valence electrons. The van der Waals surface area contributed by atoms with Gasteiger partial charge in [0.15, 0.2) is 0 Å². The molecule has 3 heterocycles. The van der Waals surface area contributed by atoms with E-state index in [0.29, 0.717) is 37.7 Å². The smallest absolute Gasteiger partial charge is 0.254 e. The SMILES string of the molecule is O=C1CN(C(=O)c2ccnc(OC3CCOC3)c2)CCN1. The Kier molecular flexibility index (Phi) is 4.01. The van der Waals surface area contributed by atoms with Gasteiger partial charge >= 0.3 is 0 Å². The van der Waals surface area contributed by atoms with Crippen LogP contribution >= 0.6 is 0 Å². The monoisotopic (exact) mass is 291 g/mol. The van der Waals surface area contributed by atoms with E-state index < -0.39 is 0 Å². The van der Waals surface area contributed by atoms with Gasteiger partial charge in [-0.2, -0.15) is 0 Å². The third kappa shape index (κ3) is 3.30. The number of piperazine rings is 1. The van der Waals surface area contributed by atoms with Gasteiger partial charge in [0, 0.05) is 37.3 Å². The first-order valence-electron chi connectivity index (χ1n) is 6.99. The van der Waals surface area contributed by atoms with Gasteiger partial charge in [-0.1, -0.05) is 0 Å². The summed E-state index contributed by atoms with van der Waals surface area (Å²) >= 11 is 0. The predicted molar refractivity (Wildman–Crippen MR) is 73.0 cm³/mol. The lowest BCUT2D eigenvalue weighted by atomic mass is 10.2. The van der Waals surface area contributed by atoms with Crippen LogP contribution in [0, 0.1) is 0 Å². The summed E-state index contributed by atoms with van der Waals surface area (Å²) in [6, 6.07) is 3.25. The van der Waals surface area contributed by atoms with E-state index in [4.69, 9.17) is 9.47 Å². The van der Waals surface area contributed by atoms with Crippen molar-refractivity contribution < 1.29 is 19.1 Å². The zero-order valence-electron chi connectivity index (χ0n) is 11.6. The summed E-state index contributed by atoms with van der Waals surface area (Å²) in [6.45, 7) is 2.32. The highest BCUT2D eigenvalue weighted by Gasteiger charge is 2.23. The number of aromatic nitrogens is 1. The van der Waals surface area contributed by atoms with Crippen molar-refractivity contribution in [3.8, 4) is 5.88 Å². The Morgan fingerprint density at radius 3 is 3.19 bits per heavy atom. The molecule has 21 heavy (non-hydrogen) atoms. The Morgan fingerprint density at radius 2 is 2.43 bits per heavy atom. The van der Waals surface area contributed by atoms with E-state index in [2.05, 4.69) is 10.3 Å². The lowest BCUT2D eigenvalue weighted by Gasteiger charge is -2.26. The van der Waals surface area contributed by atoms with Gasteiger partial charge in [-0.15, -0.1) is 0 Å². The summed E-state index contributed by atoms with van der Waals surface area (Å²) in [6.07, 6.45) is 2.36. The minimum Gasteiger partial charge on any atom is -0.472 e. The molecule has 1 atom stereocenters. The Balaban J connectivity index is 1.69. The molecule has 7 heteroatoms. The highest BCUT2D eigenvalue weighted by molar-refractivity contribution is 5.97. The molecule has 1 unspecified atom stereocenters. The average molecular weight is 291 g/mol. The van der Waals surface area contributed by atoms with Crippen LogP contribution in [0.4, 0.5) is 0 Å². The fourth-order valence-corrected chi connectivity index (χ4v) is 2.38. The molecule has 3 rings (SSSR count). The van der Waals surface area contributed by atoms with Gasteiger partial charge in [0.25, 0.3) is 5.91 Å². The zero-order chi connectivity index (χ0) is 14.7. The van der Waals surface area contributed by atoms with Crippen LogP contribution in [0.3, 0.4) is 0 Å². The van der Waals surface area contributed by atoms with Crippen molar-refractivity contribution in [3.63, 3.8) is 0 Å². The van der Waals surface area contributed by atoms with Crippen molar-refractivity contribution in [1.82, 2.24) is 15.2 Å². The van der Waals surface area contributed by atoms with Crippen molar-refractivity contribution >= 4 is 11.8 Å². The second-order valence-corrected chi connectivity index (χ2v) is 5.06. The fraction of sp³-hybridized carbons (Fsp3) is 0.500. The minimum absolute atomic E-state index is 0.0105. The number of hydrogen-bond donors (Lipinski definition) is 1. The second kappa shape index (κ2) is 6.09. The highest BCUT2D eigenvalue weighted by Crippen LogP contribution is 2.17. The van der Waals surface area contributed by atoms with E-state index in [0.717, 1.165) is 6.42 Å². The maximum absolute atomic E-state index is 12.4. The van der Waals surface area contributed by atoms with Gasteiger partial charge in [-0.25, -0.2) is 4.98 Å². The third-order valence-corrected chi connectivity index (χ3v) is 3.48. The van der Waals surface area contributed by atoms with Gasteiger partial charge in [0.2, 0.25) is 11.8 Å². The second-order valence-electron chi connectivity index (χ2n) is 5.06. The highest BCUT2D eigenvalue weighted by atomic mass is 16.5. The summed E-state index contributed by atoms with van der Waals surface area (Å²) in [5, 5.41) is 2.69. The fourth-order valence-electron chi connectivity index (χ4n) is 2.38. The summed E-state index contributed by atoms with van der Waals surface area (Å²) in [5.74, 6) is 0.0980. The van der Waals surface area contributed by atoms with Crippen LogP contribution in [-0.2, 0) is 9.53 Å². The van der Waals surface area contributed by atoms with Crippen LogP contribution in [0.5, 0.6) is 5.88 Å². The van der Waals surface area contributed by atoms with E-state index in [9.17, 15) is 9.59 Å². The van der Waals surface area contributed by atoms with Crippen LogP contribution in [0.15, 0.2) is 18.3 Å². The third-order valence-electron chi connectivity index (χ3n) is 3.48. The molecule has 2 saturated heterocycles. The number of ether oxygens (including phenoxy) is 2. The molecule has 2 aliphatic heterocycles. The van der Waals surface area contributed by atoms with E-state index >= 15 is 0 Å². The van der Waals surface area contributed by atoms with E-state index in [1.165, 1.54) is 4.90 Å². The summed E-state index contributed by atoms with van der Waals surface area (Å²) in [5.41, 5.74) is 0.480. The molecule has 0 aliphatic carbocycles. The number of carbonyl (C=O) groups is 2. The maximum atomic E-state index is 12.4. The van der Waals surface area contributed by atoms with Gasteiger partial charge in [0.1, 0.15) is 6.10 Å². The molecule has 0 radical (unpaired) electrons. The molecule has 0 spiro atoms. The number of hydrogen-bond acceptors (Lipinski definition) is 5. The van der Waals surface area contributed by atoms with Crippen molar-refractivity contribution in [2.45, 2.75) is 12.5 Å². The molecule has 0 aromatic carbocycles. The topological polar surface area (TPSA) is 80.8 Å². The Bertz CT molecular complexity index is 543. The van der Waals surface area contributed by atoms with E-state index in [-0.39, 0.29) is 24.5 Å². The van der Waals surface area contributed by atoms with E-state index in [1.54, 1.807) is 18.3 Å². The predicted octanol–water partition coefficient (Wildman–Crippen LogP) is -0.179. The van der Waals surface area contributed by atoms with E-state index in [1.807, 2.05) is 0 Å². The number of pyridine rings is 1. The quantitative estimate of drug-likeness (QED) is 0.835. The Labute approximate surface area is 122 Å². The molecule has 1 aromatic heterocycles. The molecule has 2 amide bonds. The molecule has 1 aromatic rings. The average Bonchev–Trinajstić information content (AvgIpc) is 3.00. The first kappa shape index (κ1) is 13.8. The normalized spacial score (nSPS) is 22.0. The summed E-state index contributed by atoms with van der Waals surface area (Å²) < 4.78 is 10.9. The van der Waals surface area contributed by atoms with Crippen LogP contribution in [0.1, 0.15) is 16.8 Å². The number of amides is 2. The first-order valence-corrected chi connectivity index (χ1v) is 6.99. The molecule has 2 fully saturated rings. The van der Waals surface area contributed by atoms with Gasteiger partial charge in [-0.05, 0) is 6.07 Å². The molecule has 0 bridgehead atoms. The van der Waals surface area contributed by atoms with Crippen LogP contribution in [0.2, 0.25) is 0 Å². The largest absolute Gasteiger partial charge is 0.472 e. The summed E-state index contributed by atoms with van der Waals surface area (Å²) in [4.78, 5) is 29.4. The molecule has 1 N–H and O–H groups in total. The lowest BCUT2D eigenvalue weighted by molar-refractivity contribution is -0.123. The number of carbonyl (C=O) groups excluding carboxylic acids is 2. The molecular weight excluding hydrogens is 274 g/mol. The van der Waals surface area contributed by atoms with Gasteiger partial charge < -0.3 is 19.7 Å². The molecule has 2 aliphatic rings. The van der Waals surface area contributed by atoms with Crippen LogP contribution < -0.4 is 10.1 Å². The first-order chi connectivity index (χ1) is 10.2. The van der Waals surface area contributed by atoms with Crippen LogP contribution in [-0.4, -0.2) is 60.7 Å². The number of nitrogens with one attached hydrogen (secondary N) is 1. The zero-order valence-corrected chi connectivity index (χ0v) is 11.6. The van der Waals surface area contributed by atoms with Gasteiger partial charge in [-0.3, -0.25) is 9.59 Å². The summed E-state index contributed by atoms with van der Waals surface area (Å²) in [7, 11) is 0. The molecule has 7 nitrogen and oxygen atoms in total. The molecule has 0 saturated carbocycles. The number of nitrogens with zero attached hydrogens (tertiary/aromatic N) is 2. The van der Waals surface area contributed by atoms with Gasteiger partial charge in [0.05, 0.1) is 19.8 Å². The van der Waals surface area contributed by atoms with Crippen molar-refractivity contribution in [2.75, 3.05) is 32.8 Å². The Morgan fingerprint density at radius 1 is 1.52 bits per heavy atom. The minimum atomic E-state index is -0.181. The van der Waals surface area contributed by atoms with Crippen LogP contribution in [0.25, 0.3) is 0 Å². The maximum Gasteiger partial charge on any atom is 0.254 e. The van der Waals surface area contributed by atoms with Crippen molar-refractivity contribution in [3.05, 3.63) is 23.9 Å².